The molecule has 1 aliphatic heterocycles. The van der Waals surface area contributed by atoms with Gasteiger partial charge in [0.05, 0.1) is 6.61 Å². The van der Waals surface area contributed by atoms with E-state index in [0.717, 1.165) is 32.2 Å². The third-order valence-electron chi connectivity index (χ3n) is 4.68. The fraction of sp³-hybridized carbons (Fsp3) is 1.00. The van der Waals surface area contributed by atoms with Crippen LogP contribution in [0.25, 0.3) is 0 Å². The van der Waals surface area contributed by atoms with Crippen molar-refractivity contribution in [3.63, 3.8) is 0 Å². The van der Waals surface area contributed by atoms with E-state index in [1.165, 1.54) is 38.6 Å². The maximum Gasteiger partial charge on any atom is 0.0593 e. The molecular formula is C17H36N2O. The van der Waals surface area contributed by atoms with Gasteiger partial charge < -0.3 is 10.1 Å². The lowest BCUT2D eigenvalue weighted by atomic mass is 9.94. The molecule has 3 atom stereocenters. The quantitative estimate of drug-likeness (QED) is 0.623. The van der Waals surface area contributed by atoms with Crippen molar-refractivity contribution in [2.45, 2.75) is 71.9 Å². The summed E-state index contributed by atoms with van der Waals surface area (Å²) in [7, 11) is 0. The summed E-state index contributed by atoms with van der Waals surface area (Å²) in [6.45, 7) is 14.4. The minimum atomic E-state index is 0.656. The molecule has 0 aromatic carbocycles. The zero-order chi connectivity index (χ0) is 14.8. The van der Waals surface area contributed by atoms with Crippen LogP contribution in [0, 0.1) is 5.92 Å². The van der Waals surface area contributed by atoms with Gasteiger partial charge in [-0.2, -0.15) is 0 Å². The molecule has 1 N–H and O–H groups in total. The van der Waals surface area contributed by atoms with Crippen LogP contribution in [0.4, 0.5) is 0 Å². The van der Waals surface area contributed by atoms with Crippen LogP contribution in [-0.2, 0) is 4.74 Å². The average molecular weight is 284 g/mol. The highest BCUT2D eigenvalue weighted by atomic mass is 16.5. The Balaban J connectivity index is 2.38. The summed E-state index contributed by atoms with van der Waals surface area (Å²) in [6, 6.07) is 1.36. The van der Waals surface area contributed by atoms with Gasteiger partial charge in [0.1, 0.15) is 0 Å². The van der Waals surface area contributed by atoms with Gasteiger partial charge in [-0.15, -0.1) is 0 Å². The molecule has 120 valence electrons. The monoisotopic (exact) mass is 284 g/mol. The first-order valence-electron chi connectivity index (χ1n) is 8.78. The highest BCUT2D eigenvalue weighted by molar-refractivity contribution is 4.88. The Labute approximate surface area is 126 Å². The molecule has 20 heavy (non-hydrogen) atoms. The van der Waals surface area contributed by atoms with Crippen molar-refractivity contribution >= 4 is 0 Å². The molecular weight excluding hydrogens is 248 g/mol. The molecule has 0 amide bonds. The molecule has 0 bridgehead atoms. The largest absolute Gasteiger partial charge is 0.380 e. The molecule has 0 aliphatic carbocycles. The first-order chi connectivity index (χ1) is 9.72. The zero-order valence-corrected chi connectivity index (χ0v) is 14.2. The smallest absolute Gasteiger partial charge is 0.0593 e. The summed E-state index contributed by atoms with van der Waals surface area (Å²) in [4.78, 5) is 2.67. The number of unbranched alkanes of at least 4 members (excludes halogenated alkanes) is 1. The van der Waals surface area contributed by atoms with Gasteiger partial charge in [-0.3, -0.25) is 4.90 Å². The topological polar surface area (TPSA) is 24.5 Å². The van der Waals surface area contributed by atoms with Crippen molar-refractivity contribution < 1.29 is 4.74 Å². The lowest BCUT2D eigenvalue weighted by Crippen LogP contribution is -2.58. The first kappa shape index (κ1) is 17.9. The summed E-state index contributed by atoms with van der Waals surface area (Å²) in [5.74, 6) is 0.765. The van der Waals surface area contributed by atoms with E-state index in [1.54, 1.807) is 0 Å². The Morgan fingerprint density at radius 2 is 2.00 bits per heavy atom. The van der Waals surface area contributed by atoms with Gasteiger partial charge in [-0.25, -0.2) is 0 Å². The first-order valence-corrected chi connectivity index (χ1v) is 8.78. The molecule has 0 saturated carbocycles. The normalized spacial score (nSPS) is 25.8. The number of nitrogens with one attached hydrogen (secondary N) is 1. The minimum Gasteiger partial charge on any atom is -0.380 e. The van der Waals surface area contributed by atoms with Crippen molar-refractivity contribution in [3.8, 4) is 0 Å². The van der Waals surface area contributed by atoms with E-state index in [9.17, 15) is 0 Å². The molecule has 3 nitrogen and oxygen atoms in total. The SMILES string of the molecule is CCCCOCCN1CC(C(C)CC)NCC1CCC. The van der Waals surface area contributed by atoms with E-state index in [1.807, 2.05) is 0 Å². The fourth-order valence-corrected chi connectivity index (χ4v) is 2.97. The molecule has 3 heteroatoms. The predicted octanol–water partition coefficient (Wildman–Crippen LogP) is 3.29. The molecule has 1 fully saturated rings. The summed E-state index contributed by atoms with van der Waals surface area (Å²) in [5, 5.41) is 3.76. The van der Waals surface area contributed by atoms with Crippen LogP contribution in [0.2, 0.25) is 0 Å². The lowest BCUT2D eigenvalue weighted by Gasteiger charge is -2.42. The zero-order valence-electron chi connectivity index (χ0n) is 14.2. The summed E-state index contributed by atoms with van der Waals surface area (Å²) in [6.07, 6.45) is 6.25. The van der Waals surface area contributed by atoms with Crippen LogP contribution in [0.3, 0.4) is 0 Å². The van der Waals surface area contributed by atoms with E-state index in [-0.39, 0.29) is 0 Å². The van der Waals surface area contributed by atoms with E-state index >= 15 is 0 Å². The van der Waals surface area contributed by atoms with Gasteiger partial charge in [0.25, 0.3) is 0 Å². The van der Waals surface area contributed by atoms with Crippen LogP contribution >= 0.6 is 0 Å². The fourth-order valence-electron chi connectivity index (χ4n) is 2.97. The number of hydrogen-bond donors (Lipinski definition) is 1. The standard InChI is InChI=1S/C17H36N2O/c1-5-8-11-20-12-10-19-14-17(15(4)7-3)18-13-16(19)9-6-2/h15-18H,5-14H2,1-4H3. The Morgan fingerprint density at radius 3 is 2.65 bits per heavy atom. The Hall–Kier alpha value is -0.120. The van der Waals surface area contributed by atoms with Crippen molar-refractivity contribution in [1.29, 1.82) is 0 Å². The second kappa shape index (κ2) is 10.6. The molecule has 1 rings (SSSR count). The van der Waals surface area contributed by atoms with Crippen LogP contribution < -0.4 is 5.32 Å². The van der Waals surface area contributed by atoms with E-state index < -0.39 is 0 Å². The molecule has 0 aromatic heterocycles. The maximum atomic E-state index is 5.76. The van der Waals surface area contributed by atoms with Gasteiger partial charge in [0, 0.05) is 38.3 Å². The second-order valence-electron chi connectivity index (χ2n) is 6.30. The van der Waals surface area contributed by atoms with E-state index in [4.69, 9.17) is 4.74 Å². The van der Waals surface area contributed by atoms with Crippen LogP contribution in [0.1, 0.15) is 59.8 Å². The summed E-state index contributed by atoms with van der Waals surface area (Å²) >= 11 is 0. The van der Waals surface area contributed by atoms with Gasteiger partial charge in [0.15, 0.2) is 0 Å². The lowest BCUT2D eigenvalue weighted by molar-refractivity contribution is 0.0533. The molecule has 1 saturated heterocycles. The number of hydrogen-bond acceptors (Lipinski definition) is 3. The molecule has 0 radical (unpaired) electrons. The van der Waals surface area contributed by atoms with Crippen molar-refractivity contribution in [2.75, 3.05) is 32.8 Å². The highest BCUT2D eigenvalue weighted by Crippen LogP contribution is 2.17. The van der Waals surface area contributed by atoms with Gasteiger partial charge in [-0.1, -0.05) is 47.0 Å². The Kier molecular flexibility index (Phi) is 9.49. The van der Waals surface area contributed by atoms with Gasteiger partial charge in [0.2, 0.25) is 0 Å². The Bertz CT molecular complexity index is 235. The van der Waals surface area contributed by atoms with E-state index in [2.05, 4.69) is 37.9 Å². The van der Waals surface area contributed by atoms with E-state index in [0.29, 0.717) is 12.1 Å². The predicted molar refractivity (Wildman–Crippen MR) is 87.2 cm³/mol. The number of piperazine rings is 1. The van der Waals surface area contributed by atoms with Crippen LogP contribution in [-0.4, -0.2) is 49.8 Å². The molecule has 0 aromatic rings. The number of nitrogens with zero attached hydrogens (tertiary/aromatic N) is 1. The van der Waals surface area contributed by atoms with Crippen molar-refractivity contribution in [3.05, 3.63) is 0 Å². The average Bonchev–Trinajstić information content (AvgIpc) is 2.48. The highest BCUT2D eigenvalue weighted by Gasteiger charge is 2.29. The second-order valence-corrected chi connectivity index (χ2v) is 6.30. The summed E-state index contributed by atoms with van der Waals surface area (Å²) < 4.78 is 5.76. The van der Waals surface area contributed by atoms with Crippen molar-refractivity contribution in [2.24, 2.45) is 5.92 Å². The van der Waals surface area contributed by atoms with Gasteiger partial charge in [-0.05, 0) is 18.8 Å². The Morgan fingerprint density at radius 1 is 1.20 bits per heavy atom. The number of ether oxygens (including phenoxy) is 1. The minimum absolute atomic E-state index is 0.656. The number of rotatable bonds is 10. The molecule has 1 heterocycles. The summed E-state index contributed by atoms with van der Waals surface area (Å²) in [5.41, 5.74) is 0. The van der Waals surface area contributed by atoms with Crippen molar-refractivity contribution in [1.82, 2.24) is 10.2 Å². The van der Waals surface area contributed by atoms with Crippen LogP contribution in [0.5, 0.6) is 0 Å². The maximum absolute atomic E-state index is 5.76. The van der Waals surface area contributed by atoms with Gasteiger partial charge >= 0.3 is 0 Å². The molecule has 1 aliphatic rings. The third kappa shape index (κ3) is 6.11. The molecule has 3 unspecified atom stereocenters. The molecule has 0 spiro atoms. The van der Waals surface area contributed by atoms with Crippen LogP contribution in [0.15, 0.2) is 0 Å². The third-order valence-corrected chi connectivity index (χ3v) is 4.68.